The van der Waals surface area contributed by atoms with Gasteiger partial charge < -0.3 is 5.73 Å². The van der Waals surface area contributed by atoms with Crippen LogP contribution in [0.4, 0.5) is 5.69 Å². The van der Waals surface area contributed by atoms with Crippen LogP contribution >= 0.6 is 0 Å². The molecule has 2 atom stereocenters. The Balaban J connectivity index is 2.41. The molecule has 6 heteroatoms. The Morgan fingerprint density at radius 1 is 1.28 bits per heavy atom. The van der Waals surface area contributed by atoms with Crippen molar-refractivity contribution in [1.29, 1.82) is 0 Å². The van der Waals surface area contributed by atoms with Crippen molar-refractivity contribution in [3.8, 4) is 0 Å². The normalized spacial score (nSPS) is 26.1. The van der Waals surface area contributed by atoms with Crippen LogP contribution in [0.25, 0.3) is 0 Å². The molecule has 2 N–H and O–H groups in total. The Labute approximate surface area is 108 Å². The van der Waals surface area contributed by atoms with Gasteiger partial charge in [0.2, 0.25) is 10.0 Å². The molecule has 5 nitrogen and oxygen atoms in total. The summed E-state index contributed by atoms with van der Waals surface area (Å²) in [5.74, 6) is 0. The highest BCUT2D eigenvalue weighted by molar-refractivity contribution is 7.89. The molecule has 0 radical (unpaired) electrons. The van der Waals surface area contributed by atoms with Crippen molar-refractivity contribution in [2.24, 2.45) is 0 Å². The minimum absolute atomic E-state index is 0.0279. The summed E-state index contributed by atoms with van der Waals surface area (Å²) in [4.78, 5) is 4.05. The quantitative estimate of drug-likeness (QED) is 0.885. The van der Waals surface area contributed by atoms with Gasteiger partial charge in [0.05, 0.1) is 5.69 Å². The minimum atomic E-state index is -3.49. The number of rotatable bonds is 2. The molecule has 100 valence electrons. The Hall–Kier alpha value is -1.14. The zero-order chi connectivity index (χ0) is 13.3. The first-order valence-electron chi connectivity index (χ1n) is 6.17. The fraction of sp³-hybridized carbons (Fsp3) is 0.583. The third-order valence-electron chi connectivity index (χ3n) is 3.42. The zero-order valence-electron chi connectivity index (χ0n) is 10.7. The van der Waals surface area contributed by atoms with E-state index < -0.39 is 10.0 Å². The van der Waals surface area contributed by atoms with Gasteiger partial charge in [0.15, 0.2) is 0 Å². The van der Waals surface area contributed by atoms with E-state index in [2.05, 4.69) is 4.98 Å². The van der Waals surface area contributed by atoms with Crippen LogP contribution in [0, 0.1) is 0 Å². The van der Waals surface area contributed by atoms with E-state index in [0.29, 0.717) is 5.69 Å². The van der Waals surface area contributed by atoms with Crippen LogP contribution in [0.1, 0.15) is 33.1 Å². The molecule has 1 aromatic rings. The molecule has 1 fully saturated rings. The molecule has 0 amide bonds. The van der Waals surface area contributed by atoms with E-state index in [1.807, 2.05) is 13.8 Å². The molecule has 0 aliphatic carbocycles. The van der Waals surface area contributed by atoms with Crippen molar-refractivity contribution < 1.29 is 8.42 Å². The number of nitrogens with two attached hydrogens (primary N) is 1. The maximum atomic E-state index is 12.6. The van der Waals surface area contributed by atoms with Crippen LogP contribution in [0.2, 0.25) is 0 Å². The van der Waals surface area contributed by atoms with Gasteiger partial charge in [-0.05, 0) is 32.8 Å². The number of piperidine rings is 1. The Morgan fingerprint density at radius 3 is 2.44 bits per heavy atom. The Morgan fingerprint density at radius 2 is 1.89 bits per heavy atom. The lowest BCUT2D eigenvalue weighted by molar-refractivity contribution is 0.204. The number of aromatic nitrogens is 1. The topological polar surface area (TPSA) is 76.3 Å². The summed E-state index contributed by atoms with van der Waals surface area (Å²) < 4.78 is 26.8. The van der Waals surface area contributed by atoms with Gasteiger partial charge in [0.1, 0.15) is 4.90 Å². The standard InChI is InChI=1S/C12H19N3O2S/c1-9-4-3-5-10(2)15(9)18(16,17)12-6-11(13)7-14-8-12/h6-10H,3-5,13H2,1-2H3. The monoisotopic (exact) mass is 269 g/mol. The molecular weight excluding hydrogens is 250 g/mol. The average molecular weight is 269 g/mol. The van der Waals surface area contributed by atoms with Crippen LogP contribution in [0.5, 0.6) is 0 Å². The summed E-state index contributed by atoms with van der Waals surface area (Å²) in [6, 6.07) is 1.52. The molecule has 2 heterocycles. The molecule has 0 saturated carbocycles. The van der Waals surface area contributed by atoms with Crippen LogP contribution in [0.15, 0.2) is 23.4 Å². The number of anilines is 1. The summed E-state index contributed by atoms with van der Waals surface area (Å²) in [7, 11) is -3.49. The van der Waals surface area contributed by atoms with Crippen molar-refractivity contribution in [3.05, 3.63) is 18.5 Å². The van der Waals surface area contributed by atoms with Crippen LogP contribution < -0.4 is 5.73 Å². The summed E-state index contributed by atoms with van der Waals surface area (Å²) in [6.07, 6.45) is 5.68. The number of hydrogen-bond donors (Lipinski definition) is 1. The van der Waals surface area contributed by atoms with Gasteiger partial charge in [-0.2, -0.15) is 4.31 Å². The first-order valence-corrected chi connectivity index (χ1v) is 7.61. The molecule has 1 saturated heterocycles. The second-order valence-corrected chi connectivity index (χ2v) is 6.76. The van der Waals surface area contributed by atoms with E-state index in [4.69, 9.17) is 5.73 Å². The molecule has 0 bridgehead atoms. The van der Waals surface area contributed by atoms with Crippen LogP contribution in [0.3, 0.4) is 0 Å². The van der Waals surface area contributed by atoms with Crippen molar-refractivity contribution in [2.75, 3.05) is 5.73 Å². The number of nitrogens with zero attached hydrogens (tertiary/aromatic N) is 2. The van der Waals surface area contributed by atoms with Crippen molar-refractivity contribution >= 4 is 15.7 Å². The molecule has 1 aliphatic rings. The fourth-order valence-corrected chi connectivity index (χ4v) is 4.45. The molecule has 1 aliphatic heterocycles. The van der Waals surface area contributed by atoms with Gasteiger partial charge in [0, 0.05) is 24.5 Å². The lowest BCUT2D eigenvalue weighted by Crippen LogP contribution is -2.47. The van der Waals surface area contributed by atoms with Gasteiger partial charge >= 0.3 is 0 Å². The van der Waals surface area contributed by atoms with E-state index in [0.717, 1.165) is 19.3 Å². The highest BCUT2D eigenvalue weighted by Gasteiger charge is 2.35. The van der Waals surface area contributed by atoms with E-state index in [9.17, 15) is 8.42 Å². The molecule has 2 rings (SSSR count). The highest BCUT2D eigenvalue weighted by atomic mass is 32.2. The van der Waals surface area contributed by atoms with Gasteiger partial charge in [-0.1, -0.05) is 6.42 Å². The number of pyridine rings is 1. The summed E-state index contributed by atoms with van der Waals surface area (Å²) >= 11 is 0. The van der Waals surface area contributed by atoms with Gasteiger partial charge in [0.25, 0.3) is 0 Å². The number of sulfonamides is 1. The second kappa shape index (κ2) is 4.85. The highest BCUT2D eigenvalue weighted by Crippen LogP contribution is 2.29. The van der Waals surface area contributed by atoms with E-state index in [1.165, 1.54) is 18.5 Å². The molecule has 0 aromatic carbocycles. The second-order valence-electron chi connectivity index (χ2n) is 4.92. The largest absolute Gasteiger partial charge is 0.397 e. The van der Waals surface area contributed by atoms with E-state index in [-0.39, 0.29) is 17.0 Å². The third-order valence-corrected chi connectivity index (χ3v) is 5.52. The van der Waals surface area contributed by atoms with Crippen LogP contribution in [-0.4, -0.2) is 29.8 Å². The fourth-order valence-electron chi connectivity index (χ4n) is 2.57. The predicted molar refractivity (Wildman–Crippen MR) is 70.4 cm³/mol. The van der Waals surface area contributed by atoms with Gasteiger partial charge in [-0.3, -0.25) is 4.98 Å². The molecule has 2 unspecified atom stereocenters. The molecular formula is C12H19N3O2S. The van der Waals surface area contributed by atoms with Crippen molar-refractivity contribution in [1.82, 2.24) is 9.29 Å². The first-order chi connectivity index (χ1) is 8.43. The summed E-state index contributed by atoms with van der Waals surface area (Å²) in [6.45, 7) is 3.90. The lowest BCUT2D eigenvalue weighted by Gasteiger charge is -2.37. The number of nitrogen functional groups attached to an aromatic ring is 1. The van der Waals surface area contributed by atoms with Crippen molar-refractivity contribution in [3.63, 3.8) is 0 Å². The molecule has 18 heavy (non-hydrogen) atoms. The van der Waals surface area contributed by atoms with E-state index in [1.54, 1.807) is 4.31 Å². The first kappa shape index (κ1) is 13.3. The maximum absolute atomic E-state index is 12.6. The summed E-state index contributed by atoms with van der Waals surface area (Å²) in [5, 5.41) is 0. The SMILES string of the molecule is CC1CCCC(C)N1S(=O)(=O)c1cncc(N)c1. The summed E-state index contributed by atoms with van der Waals surface area (Å²) in [5.41, 5.74) is 5.98. The van der Waals surface area contributed by atoms with Gasteiger partial charge in [-0.25, -0.2) is 8.42 Å². The third kappa shape index (κ3) is 2.35. The van der Waals surface area contributed by atoms with E-state index >= 15 is 0 Å². The predicted octanol–water partition coefficient (Wildman–Crippen LogP) is 1.62. The maximum Gasteiger partial charge on any atom is 0.245 e. The lowest BCUT2D eigenvalue weighted by atomic mass is 10.0. The Kier molecular flexibility index (Phi) is 3.59. The molecule has 1 aromatic heterocycles. The average Bonchev–Trinajstić information content (AvgIpc) is 2.28. The van der Waals surface area contributed by atoms with Crippen LogP contribution in [-0.2, 0) is 10.0 Å². The molecule has 0 spiro atoms. The van der Waals surface area contributed by atoms with Gasteiger partial charge in [-0.15, -0.1) is 0 Å². The minimum Gasteiger partial charge on any atom is -0.397 e. The number of hydrogen-bond acceptors (Lipinski definition) is 4. The smallest absolute Gasteiger partial charge is 0.245 e. The Bertz CT molecular complexity index is 520. The zero-order valence-corrected chi connectivity index (χ0v) is 11.5. The van der Waals surface area contributed by atoms with Crippen molar-refractivity contribution in [2.45, 2.75) is 50.1 Å².